The number of hydrogen-bond acceptors (Lipinski definition) is 1. The van der Waals surface area contributed by atoms with Crippen molar-refractivity contribution in [1.82, 2.24) is 0 Å². The SMILES string of the molecule is Cc1cc2c(c(C)c1N)CC2. The molecule has 11 heavy (non-hydrogen) atoms. The number of fused-ring (bicyclic) bond motifs is 1. The Bertz CT molecular complexity index is 299. The van der Waals surface area contributed by atoms with Gasteiger partial charge in [-0.25, -0.2) is 0 Å². The fraction of sp³-hybridized carbons (Fsp3) is 0.400. The molecule has 1 aromatic carbocycles. The van der Waals surface area contributed by atoms with Crippen LogP contribution in [-0.2, 0) is 12.8 Å². The van der Waals surface area contributed by atoms with Crippen molar-refractivity contribution in [3.63, 3.8) is 0 Å². The highest BCUT2D eigenvalue weighted by Crippen LogP contribution is 2.31. The van der Waals surface area contributed by atoms with Gasteiger partial charge in [0.1, 0.15) is 0 Å². The third kappa shape index (κ3) is 0.770. The number of rotatable bonds is 0. The molecule has 0 aliphatic heterocycles. The molecule has 0 bridgehead atoms. The lowest BCUT2D eigenvalue weighted by Gasteiger charge is -2.23. The van der Waals surface area contributed by atoms with Crippen molar-refractivity contribution in [2.75, 3.05) is 5.73 Å². The first-order valence-electron chi connectivity index (χ1n) is 4.07. The molecule has 0 saturated carbocycles. The number of benzene rings is 1. The largest absolute Gasteiger partial charge is 0.398 e. The first kappa shape index (κ1) is 6.71. The predicted molar refractivity (Wildman–Crippen MR) is 47.7 cm³/mol. The number of nitrogen functional groups attached to an aromatic ring is 1. The molecule has 2 rings (SSSR count). The Morgan fingerprint density at radius 2 is 2.00 bits per heavy atom. The Morgan fingerprint density at radius 3 is 2.55 bits per heavy atom. The van der Waals surface area contributed by atoms with Gasteiger partial charge in [0, 0.05) is 5.69 Å². The minimum absolute atomic E-state index is 0.989. The molecule has 1 aliphatic carbocycles. The topological polar surface area (TPSA) is 26.0 Å². The molecule has 0 aromatic heterocycles. The summed E-state index contributed by atoms with van der Waals surface area (Å²) in [5.74, 6) is 0. The molecular formula is C10H13N. The van der Waals surface area contributed by atoms with Crippen LogP contribution in [0, 0.1) is 13.8 Å². The molecule has 2 N–H and O–H groups in total. The summed E-state index contributed by atoms with van der Waals surface area (Å²) in [5.41, 5.74) is 12.4. The van der Waals surface area contributed by atoms with Crippen molar-refractivity contribution in [3.8, 4) is 0 Å². The number of hydrogen-bond donors (Lipinski definition) is 1. The second-order valence-electron chi connectivity index (χ2n) is 3.37. The highest BCUT2D eigenvalue weighted by atomic mass is 14.6. The highest BCUT2D eigenvalue weighted by Gasteiger charge is 2.17. The molecule has 1 nitrogen and oxygen atoms in total. The van der Waals surface area contributed by atoms with Gasteiger partial charge in [-0.05, 0) is 48.9 Å². The summed E-state index contributed by atoms with van der Waals surface area (Å²) < 4.78 is 0. The van der Waals surface area contributed by atoms with Gasteiger partial charge in [-0.2, -0.15) is 0 Å². The van der Waals surface area contributed by atoms with E-state index in [9.17, 15) is 0 Å². The molecule has 0 unspecified atom stereocenters. The summed E-state index contributed by atoms with van der Waals surface area (Å²) in [6.07, 6.45) is 2.48. The van der Waals surface area contributed by atoms with Gasteiger partial charge in [-0.1, -0.05) is 6.07 Å². The molecule has 0 heterocycles. The monoisotopic (exact) mass is 147 g/mol. The smallest absolute Gasteiger partial charge is 0.0376 e. The Balaban J connectivity index is 2.70. The summed E-state index contributed by atoms with van der Waals surface area (Å²) in [6.45, 7) is 4.21. The summed E-state index contributed by atoms with van der Waals surface area (Å²) >= 11 is 0. The molecule has 0 amide bonds. The Hall–Kier alpha value is -0.980. The molecule has 1 heteroatoms. The van der Waals surface area contributed by atoms with Gasteiger partial charge in [0.2, 0.25) is 0 Å². The number of anilines is 1. The first-order valence-corrected chi connectivity index (χ1v) is 4.07. The van der Waals surface area contributed by atoms with Crippen LogP contribution in [-0.4, -0.2) is 0 Å². The fourth-order valence-electron chi connectivity index (χ4n) is 1.78. The van der Waals surface area contributed by atoms with E-state index in [0.29, 0.717) is 0 Å². The van der Waals surface area contributed by atoms with Crippen LogP contribution in [0.15, 0.2) is 6.07 Å². The average molecular weight is 147 g/mol. The lowest BCUT2D eigenvalue weighted by Crippen LogP contribution is -2.13. The fourth-order valence-corrected chi connectivity index (χ4v) is 1.78. The van der Waals surface area contributed by atoms with Crippen molar-refractivity contribution in [3.05, 3.63) is 28.3 Å². The van der Waals surface area contributed by atoms with Gasteiger partial charge < -0.3 is 5.73 Å². The zero-order chi connectivity index (χ0) is 8.01. The highest BCUT2D eigenvalue weighted by molar-refractivity contribution is 5.61. The molecule has 1 aromatic rings. The maximum absolute atomic E-state index is 5.89. The third-order valence-electron chi connectivity index (χ3n) is 2.70. The van der Waals surface area contributed by atoms with E-state index in [1.165, 1.54) is 35.1 Å². The van der Waals surface area contributed by atoms with Gasteiger partial charge in [0.05, 0.1) is 0 Å². The summed E-state index contributed by atoms with van der Waals surface area (Å²) in [5, 5.41) is 0. The second kappa shape index (κ2) is 2.00. The van der Waals surface area contributed by atoms with Gasteiger partial charge >= 0.3 is 0 Å². The van der Waals surface area contributed by atoms with E-state index in [-0.39, 0.29) is 0 Å². The molecule has 0 saturated heterocycles. The molecule has 58 valence electrons. The zero-order valence-corrected chi connectivity index (χ0v) is 7.07. The van der Waals surface area contributed by atoms with Crippen LogP contribution < -0.4 is 5.73 Å². The maximum Gasteiger partial charge on any atom is 0.0376 e. The summed E-state index contributed by atoms with van der Waals surface area (Å²) in [7, 11) is 0. The van der Waals surface area contributed by atoms with Crippen LogP contribution in [0.4, 0.5) is 5.69 Å². The van der Waals surface area contributed by atoms with E-state index >= 15 is 0 Å². The van der Waals surface area contributed by atoms with Crippen LogP contribution in [0.2, 0.25) is 0 Å². The minimum atomic E-state index is 0.989. The predicted octanol–water partition coefficient (Wildman–Crippen LogP) is 1.98. The van der Waals surface area contributed by atoms with E-state index in [1.807, 2.05) is 0 Å². The summed E-state index contributed by atoms with van der Waals surface area (Å²) in [4.78, 5) is 0. The minimum Gasteiger partial charge on any atom is -0.398 e. The van der Waals surface area contributed by atoms with E-state index in [0.717, 1.165) is 5.69 Å². The second-order valence-corrected chi connectivity index (χ2v) is 3.37. The van der Waals surface area contributed by atoms with Gasteiger partial charge in [0.25, 0.3) is 0 Å². The van der Waals surface area contributed by atoms with E-state index in [2.05, 4.69) is 19.9 Å². The van der Waals surface area contributed by atoms with Crippen molar-refractivity contribution in [1.29, 1.82) is 0 Å². The molecule has 0 atom stereocenters. The number of nitrogens with two attached hydrogens (primary N) is 1. The zero-order valence-electron chi connectivity index (χ0n) is 7.07. The molecule has 0 radical (unpaired) electrons. The molecular weight excluding hydrogens is 134 g/mol. The van der Waals surface area contributed by atoms with Crippen molar-refractivity contribution in [2.24, 2.45) is 0 Å². The lowest BCUT2D eigenvalue weighted by molar-refractivity contribution is 0.826. The lowest BCUT2D eigenvalue weighted by atomic mass is 9.83. The third-order valence-corrected chi connectivity index (χ3v) is 2.70. The van der Waals surface area contributed by atoms with Crippen LogP contribution in [0.1, 0.15) is 22.3 Å². The number of aryl methyl sites for hydroxylation is 2. The van der Waals surface area contributed by atoms with Gasteiger partial charge in [-0.15, -0.1) is 0 Å². The Morgan fingerprint density at radius 1 is 1.27 bits per heavy atom. The standard InChI is InChI=1S/C10H13N/c1-6-5-8-3-4-9(8)7(2)10(6)11/h5H,3-4,11H2,1-2H3. The van der Waals surface area contributed by atoms with Crippen LogP contribution in [0.25, 0.3) is 0 Å². The molecule has 1 aliphatic rings. The van der Waals surface area contributed by atoms with Crippen LogP contribution in [0.5, 0.6) is 0 Å². The summed E-state index contributed by atoms with van der Waals surface area (Å²) in [6, 6.07) is 2.22. The molecule has 0 fully saturated rings. The quantitative estimate of drug-likeness (QED) is 0.558. The Kier molecular flexibility index (Phi) is 1.22. The van der Waals surface area contributed by atoms with Crippen molar-refractivity contribution >= 4 is 5.69 Å². The Labute approximate surface area is 67.2 Å². The van der Waals surface area contributed by atoms with Crippen molar-refractivity contribution in [2.45, 2.75) is 26.7 Å². The maximum atomic E-state index is 5.89. The van der Waals surface area contributed by atoms with Crippen LogP contribution in [0.3, 0.4) is 0 Å². The van der Waals surface area contributed by atoms with Crippen LogP contribution >= 0.6 is 0 Å². The van der Waals surface area contributed by atoms with E-state index < -0.39 is 0 Å². The normalized spacial score (nSPS) is 14.0. The van der Waals surface area contributed by atoms with E-state index in [4.69, 9.17) is 5.73 Å². The van der Waals surface area contributed by atoms with Gasteiger partial charge in [-0.3, -0.25) is 0 Å². The van der Waals surface area contributed by atoms with E-state index in [1.54, 1.807) is 0 Å². The molecule has 0 spiro atoms. The van der Waals surface area contributed by atoms with Gasteiger partial charge in [0.15, 0.2) is 0 Å². The average Bonchev–Trinajstić information content (AvgIpc) is 1.93. The van der Waals surface area contributed by atoms with Crippen molar-refractivity contribution < 1.29 is 0 Å². The first-order chi connectivity index (χ1) is 5.20.